The van der Waals surface area contributed by atoms with E-state index in [-0.39, 0.29) is 21.9 Å². The lowest BCUT2D eigenvalue weighted by Gasteiger charge is -2.24. The van der Waals surface area contributed by atoms with Crippen LogP contribution in [0.3, 0.4) is 0 Å². The molecule has 3 aromatic rings. The lowest BCUT2D eigenvalue weighted by Crippen LogP contribution is -2.29. The number of benzene rings is 2. The smallest absolute Gasteiger partial charge is 0.300 e. The fraction of sp³-hybridized carbons (Fsp3) is 0.0870. The van der Waals surface area contributed by atoms with E-state index in [1.165, 1.54) is 18.1 Å². The SMILES string of the molecule is COc1ccc(Cl)c(/C(O)=C2\C(=O)C(=O)N(c3ccccc3)C2c2ccccn2)c1. The Morgan fingerprint density at radius 2 is 1.80 bits per heavy atom. The molecule has 1 N–H and O–H groups in total. The molecule has 0 bridgehead atoms. The zero-order valence-electron chi connectivity index (χ0n) is 15.9. The fourth-order valence-electron chi connectivity index (χ4n) is 3.46. The number of pyridine rings is 1. The second-order valence-corrected chi connectivity index (χ2v) is 7.01. The first-order valence-corrected chi connectivity index (χ1v) is 9.51. The van der Waals surface area contributed by atoms with E-state index in [4.69, 9.17) is 16.3 Å². The quantitative estimate of drug-likeness (QED) is 0.385. The average Bonchev–Trinajstić information content (AvgIpc) is 3.05. The zero-order chi connectivity index (χ0) is 21.3. The third kappa shape index (κ3) is 3.31. The van der Waals surface area contributed by atoms with Crippen molar-refractivity contribution in [3.05, 3.63) is 94.8 Å². The number of hydrogen-bond acceptors (Lipinski definition) is 5. The third-order valence-corrected chi connectivity index (χ3v) is 5.20. The van der Waals surface area contributed by atoms with Crippen molar-refractivity contribution in [3.8, 4) is 5.75 Å². The Kier molecular flexibility index (Phi) is 5.25. The maximum Gasteiger partial charge on any atom is 0.300 e. The number of para-hydroxylation sites is 1. The van der Waals surface area contributed by atoms with Gasteiger partial charge in [-0.3, -0.25) is 19.5 Å². The standard InChI is InChI=1S/C23H17ClN2O4/c1-30-15-10-11-17(24)16(13-15)21(27)19-20(18-9-5-6-12-25-18)26(23(29)22(19)28)14-7-3-2-4-8-14/h2-13,20,27H,1H3/b21-19+. The minimum Gasteiger partial charge on any atom is -0.507 e. The molecule has 6 nitrogen and oxygen atoms in total. The molecule has 0 aliphatic carbocycles. The molecule has 1 atom stereocenters. The van der Waals surface area contributed by atoms with Gasteiger partial charge in [-0.25, -0.2) is 0 Å². The molecule has 0 saturated carbocycles. The highest BCUT2D eigenvalue weighted by molar-refractivity contribution is 6.52. The summed E-state index contributed by atoms with van der Waals surface area (Å²) < 4.78 is 5.21. The molecule has 4 rings (SSSR count). The maximum absolute atomic E-state index is 13.0. The topological polar surface area (TPSA) is 79.7 Å². The van der Waals surface area contributed by atoms with Gasteiger partial charge in [0.25, 0.3) is 11.7 Å². The molecule has 1 unspecified atom stereocenters. The van der Waals surface area contributed by atoms with Gasteiger partial charge in [-0.1, -0.05) is 35.9 Å². The van der Waals surface area contributed by atoms with Gasteiger partial charge in [0.1, 0.15) is 17.6 Å². The minimum absolute atomic E-state index is 0.0855. The summed E-state index contributed by atoms with van der Waals surface area (Å²) in [7, 11) is 1.48. The number of Topliss-reactive ketones (excluding diaryl/α,β-unsaturated/α-hetero) is 1. The Balaban J connectivity index is 1.97. The van der Waals surface area contributed by atoms with Gasteiger partial charge < -0.3 is 9.84 Å². The summed E-state index contributed by atoms with van der Waals surface area (Å²) in [5.74, 6) is -1.50. The molecule has 7 heteroatoms. The number of hydrogen-bond donors (Lipinski definition) is 1. The number of aromatic nitrogens is 1. The van der Waals surface area contributed by atoms with Crippen LogP contribution in [0.4, 0.5) is 5.69 Å². The first kappa shape index (κ1) is 19.7. The Labute approximate surface area is 178 Å². The molecular weight excluding hydrogens is 404 g/mol. The van der Waals surface area contributed by atoms with E-state index in [1.807, 2.05) is 6.07 Å². The molecule has 30 heavy (non-hydrogen) atoms. The number of aliphatic hydroxyl groups excluding tert-OH is 1. The van der Waals surface area contributed by atoms with E-state index in [2.05, 4.69) is 4.98 Å². The van der Waals surface area contributed by atoms with Gasteiger partial charge in [-0.15, -0.1) is 0 Å². The van der Waals surface area contributed by atoms with Crippen molar-refractivity contribution in [1.82, 2.24) is 4.98 Å². The van der Waals surface area contributed by atoms with Crippen LogP contribution in [0.15, 0.2) is 78.5 Å². The van der Waals surface area contributed by atoms with Gasteiger partial charge in [0.05, 0.1) is 23.4 Å². The van der Waals surface area contributed by atoms with Crippen LogP contribution in [0.25, 0.3) is 5.76 Å². The number of halogens is 1. The summed E-state index contributed by atoms with van der Waals surface area (Å²) in [5.41, 5.74) is 1.08. The molecule has 1 fully saturated rings. The number of nitrogens with zero attached hydrogens (tertiary/aromatic N) is 2. The van der Waals surface area contributed by atoms with Crippen LogP contribution in [0.1, 0.15) is 17.3 Å². The average molecular weight is 421 g/mol. The molecular formula is C23H17ClN2O4. The van der Waals surface area contributed by atoms with Gasteiger partial charge in [0.15, 0.2) is 0 Å². The van der Waals surface area contributed by atoms with Gasteiger partial charge in [0.2, 0.25) is 0 Å². The van der Waals surface area contributed by atoms with Crippen molar-refractivity contribution < 1.29 is 19.4 Å². The predicted molar refractivity (Wildman–Crippen MR) is 113 cm³/mol. The molecule has 1 amide bonds. The number of anilines is 1. The van der Waals surface area contributed by atoms with E-state index in [0.29, 0.717) is 17.1 Å². The van der Waals surface area contributed by atoms with E-state index < -0.39 is 17.7 Å². The third-order valence-electron chi connectivity index (χ3n) is 4.88. The van der Waals surface area contributed by atoms with Crippen LogP contribution in [-0.2, 0) is 9.59 Å². The summed E-state index contributed by atoms with van der Waals surface area (Å²) in [4.78, 5) is 31.7. The number of amides is 1. The molecule has 150 valence electrons. The summed E-state index contributed by atoms with van der Waals surface area (Å²) in [6.07, 6.45) is 1.57. The maximum atomic E-state index is 13.0. The van der Waals surface area contributed by atoms with E-state index in [0.717, 1.165) is 0 Å². The van der Waals surface area contributed by atoms with E-state index >= 15 is 0 Å². The lowest BCUT2D eigenvalue weighted by atomic mass is 9.98. The molecule has 2 heterocycles. The number of carbonyl (C=O) groups is 2. The van der Waals surface area contributed by atoms with Crippen LogP contribution in [0, 0.1) is 0 Å². The van der Waals surface area contributed by atoms with E-state index in [9.17, 15) is 14.7 Å². The minimum atomic E-state index is -0.907. The number of carbonyl (C=O) groups excluding carboxylic acids is 2. The number of methoxy groups -OCH3 is 1. The van der Waals surface area contributed by atoms with Crippen molar-refractivity contribution in [3.63, 3.8) is 0 Å². The monoisotopic (exact) mass is 420 g/mol. The van der Waals surface area contributed by atoms with Gasteiger partial charge in [-0.05, 0) is 42.5 Å². The van der Waals surface area contributed by atoms with Crippen molar-refractivity contribution >= 4 is 34.7 Å². The number of rotatable bonds is 4. The van der Waals surface area contributed by atoms with Gasteiger partial charge in [-0.2, -0.15) is 0 Å². The molecule has 2 aromatic carbocycles. The van der Waals surface area contributed by atoms with Crippen molar-refractivity contribution in [2.45, 2.75) is 6.04 Å². The highest BCUT2D eigenvalue weighted by Gasteiger charge is 2.47. The largest absolute Gasteiger partial charge is 0.507 e. The summed E-state index contributed by atoms with van der Waals surface area (Å²) in [5, 5.41) is 11.3. The summed E-state index contributed by atoms with van der Waals surface area (Å²) in [6.45, 7) is 0. The van der Waals surface area contributed by atoms with Crippen LogP contribution >= 0.6 is 11.6 Å². The van der Waals surface area contributed by atoms with Gasteiger partial charge in [0, 0.05) is 17.4 Å². The van der Waals surface area contributed by atoms with Gasteiger partial charge >= 0.3 is 0 Å². The van der Waals surface area contributed by atoms with Crippen LogP contribution in [-0.4, -0.2) is 28.9 Å². The molecule has 0 radical (unpaired) electrons. The van der Waals surface area contributed by atoms with Crippen molar-refractivity contribution in [2.75, 3.05) is 12.0 Å². The second kappa shape index (κ2) is 8.00. The Morgan fingerprint density at radius 1 is 1.07 bits per heavy atom. The molecule has 1 saturated heterocycles. The molecule has 1 aliphatic rings. The first-order valence-electron chi connectivity index (χ1n) is 9.14. The number of ether oxygens (including phenoxy) is 1. The molecule has 0 spiro atoms. The first-order chi connectivity index (χ1) is 14.5. The summed E-state index contributed by atoms with van der Waals surface area (Å²) in [6, 6.07) is 17.8. The van der Waals surface area contributed by atoms with Crippen molar-refractivity contribution in [2.24, 2.45) is 0 Å². The Hall–Kier alpha value is -3.64. The normalized spacial score (nSPS) is 17.9. The number of aliphatic hydroxyl groups is 1. The zero-order valence-corrected chi connectivity index (χ0v) is 16.7. The Bertz CT molecular complexity index is 1150. The Morgan fingerprint density at radius 3 is 2.47 bits per heavy atom. The lowest BCUT2D eigenvalue weighted by molar-refractivity contribution is -0.132. The molecule has 1 aromatic heterocycles. The second-order valence-electron chi connectivity index (χ2n) is 6.61. The van der Waals surface area contributed by atoms with Crippen LogP contribution in [0.5, 0.6) is 5.75 Å². The number of ketones is 1. The fourth-order valence-corrected chi connectivity index (χ4v) is 3.67. The van der Waals surface area contributed by atoms with Crippen LogP contribution < -0.4 is 9.64 Å². The molecule has 1 aliphatic heterocycles. The van der Waals surface area contributed by atoms with E-state index in [1.54, 1.807) is 60.8 Å². The highest BCUT2D eigenvalue weighted by atomic mass is 35.5. The predicted octanol–water partition coefficient (Wildman–Crippen LogP) is 4.37. The van der Waals surface area contributed by atoms with Crippen molar-refractivity contribution in [1.29, 1.82) is 0 Å². The highest BCUT2D eigenvalue weighted by Crippen LogP contribution is 2.42. The summed E-state index contributed by atoms with van der Waals surface area (Å²) >= 11 is 6.28. The van der Waals surface area contributed by atoms with Crippen LogP contribution in [0.2, 0.25) is 5.02 Å².